The minimum atomic E-state index is 0.843. The third-order valence-corrected chi connectivity index (χ3v) is 3.24. The first kappa shape index (κ1) is 13.9. The zero-order valence-electron chi connectivity index (χ0n) is 11.0. The molecule has 3 nitrogen and oxygen atoms in total. The third-order valence-electron chi connectivity index (χ3n) is 3.24. The summed E-state index contributed by atoms with van der Waals surface area (Å²) in [7, 11) is 4.20. The normalized spacial score (nSPS) is 18.2. The number of hydrogen-bond donors (Lipinski definition) is 1. The van der Waals surface area contributed by atoms with Crippen LogP contribution >= 0.6 is 0 Å². The maximum atomic E-state index is 5.70. The van der Waals surface area contributed by atoms with E-state index in [0.717, 1.165) is 38.8 Å². The lowest BCUT2D eigenvalue weighted by atomic mass is 9.90. The van der Waals surface area contributed by atoms with Gasteiger partial charge in [-0.25, -0.2) is 0 Å². The fraction of sp³-hybridized carbons (Fsp3) is 1.00. The van der Waals surface area contributed by atoms with Crippen molar-refractivity contribution in [3.8, 4) is 0 Å². The predicted molar refractivity (Wildman–Crippen MR) is 68.8 cm³/mol. The van der Waals surface area contributed by atoms with E-state index in [1.54, 1.807) is 0 Å². The van der Waals surface area contributed by atoms with Crippen LogP contribution in [0.15, 0.2) is 0 Å². The van der Waals surface area contributed by atoms with Crippen LogP contribution in [0.4, 0.5) is 0 Å². The van der Waals surface area contributed by atoms with E-state index in [2.05, 4.69) is 24.3 Å². The first-order valence-corrected chi connectivity index (χ1v) is 6.72. The van der Waals surface area contributed by atoms with E-state index in [1.165, 1.54) is 32.1 Å². The van der Waals surface area contributed by atoms with E-state index >= 15 is 0 Å². The van der Waals surface area contributed by atoms with Crippen LogP contribution in [0.2, 0.25) is 0 Å². The molecule has 0 unspecified atom stereocenters. The lowest BCUT2D eigenvalue weighted by Crippen LogP contribution is -2.29. The molecule has 0 aromatic carbocycles. The van der Waals surface area contributed by atoms with Gasteiger partial charge in [0.1, 0.15) is 0 Å². The summed E-state index contributed by atoms with van der Waals surface area (Å²) < 4.78 is 5.70. The number of likely N-dealkylation sites (N-methyl/N-ethyl adjacent to an activating group) is 1. The predicted octanol–water partition coefficient (Wildman–Crippen LogP) is 1.73. The molecular formula is C13H28N2O. The SMILES string of the molecule is CN(C)CCNCCOCC1CCCCC1. The molecule has 0 atom stereocenters. The van der Waals surface area contributed by atoms with Gasteiger partial charge in [0.2, 0.25) is 0 Å². The van der Waals surface area contributed by atoms with Crippen molar-refractivity contribution < 1.29 is 4.74 Å². The summed E-state index contributed by atoms with van der Waals surface area (Å²) in [6.45, 7) is 4.99. The Balaban J connectivity index is 1.80. The van der Waals surface area contributed by atoms with Gasteiger partial charge in [-0.15, -0.1) is 0 Å². The molecule has 1 aliphatic rings. The van der Waals surface area contributed by atoms with Crippen LogP contribution in [0.3, 0.4) is 0 Å². The summed E-state index contributed by atoms with van der Waals surface area (Å²) in [5, 5.41) is 3.39. The van der Waals surface area contributed by atoms with E-state index in [-0.39, 0.29) is 0 Å². The third kappa shape index (κ3) is 7.20. The molecule has 96 valence electrons. The second-order valence-corrected chi connectivity index (χ2v) is 5.13. The molecule has 0 radical (unpaired) electrons. The van der Waals surface area contributed by atoms with E-state index in [0.29, 0.717) is 0 Å². The number of ether oxygens (including phenoxy) is 1. The molecule has 1 rings (SSSR count). The molecule has 0 bridgehead atoms. The smallest absolute Gasteiger partial charge is 0.0591 e. The standard InChI is InChI=1S/C13H28N2O/c1-15(2)10-8-14-9-11-16-12-13-6-4-3-5-7-13/h13-14H,3-12H2,1-2H3. The van der Waals surface area contributed by atoms with Crippen molar-refractivity contribution in [1.82, 2.24) is 10.2 Å². The molecule has 0 aromatic rings. The highest BCUT2D eigenvalue weighted by Gasteiger charge is 2.12. The summed E-state index contributed by atoms with van der Waals surface area (Å²) in [4.78, 5) is 2.19. The van der Waals surface area contributed by atoms with Gasteiger partial charge in [-0.05, 0) is 32.9 Å². The highest BCUT2D eigenvalue weighted by atomic mass is 16.5. The van der Waals surface area contributed by atoms with Crippen molar-refractivity contribution >= 4 is 0 Å². The number of nitrogens with one attached hydrogen (secondary N) is 1. The number of rotatable bonds is 8. The first-order valence-electron chi connectivity index (χ1n) is 6.72. The summed E-state index contributed by atoms with van der Waals surface area (Å²) in [6.07, 6.45) is 7.02. The van der Waals surface area contributed by atoms with Crippen LogP contribution in [0.5, 0.6) is 0 Å². The Bertz CT molecular complexity index is 156. The number of nitrogens with zero attached hydrogens (tertiary/aromatic N) is 1. The van der Waals surface area contributed by atoms with Gasteiger partial charge in [0, 0.05) is 26.2 Å². The van der Waals surface area contributed by atoms with Crippen LogP contribution in [0.1, 0.15) is 32.1 Å². The van der Waals surface area contributed by atoms with Crippen molar-refractivity contribution in [1.29, 1.82) is 0 Å². The number of hydrogen-bond acceptors (Lipinski definition) is 3. The topological polar surface area (TPSA) is 24.5 Å². The fourth-order valence-corrected chi connectivity index (χ4v) is 2.18. The molecule has 0 aliphatic heterocycles. The molecule has 0 aromatic heterocycles. The summed E-state index contributed by atoms with van der Waals surface area (Å²) in [5.41, 5.74) is 0. The maximum absolute atomic E-state index is 5.70. The van der Waals surface area contributed by atoms with Gasteiger partial charge < -0.3 is 15.0 Å². The first-order chi connectivity index (χ1) is 7.79. The Morgan fingerprint density at radius 1 is 1.12 bits per heavy atom. The monoisotopic (exact) mass is 228 g/mol. The molecule has 16 heavy (non-hydrogen) atoms. The largest absolute Gasteiger partial charge is 0.380 e. The molecule has 0 saturated heterocycles. The Hall–Kier alpha value is -0.120. The van der Waals surface area contributed by atoms with Crippen LogP contribution in [-0.2, 0) is 4.74 Å². The highest BCUT2D eigenvalue weighted by molar-refractivity contribution is 4.64. The molecule has 1 aliphatic carbocycles. The summed E-state index contributed by atoms with van der Waals surface area (Å²) >= 11 is 0. The second-order valence-electron chi connectivity index (χ2n) is 5.13. The van der Waals surface area contributed by atoms with Crippen molar-refractivity contribution in [2.24, 2.45) is 5.92 Å². The minimum absolute atomic E-state index is 0.843. The van der Waals surface area contributed by atoms with Gasteiger partial charge in [0.25, 0.3) is 0 Å². The Morgan fingerprint density at radius 3 is 2.56 bits per heavy atom. The zero-order chi connectivity index (χ0) is 11.6. The van der Waals surface area contributed by atoms with E-state index in [9.17, 15) is 0 Å². The molecule has 0 spiro atoms. The summed E-state index contributed by atoms with van der Waals surface area (Å²) in [6, 6.07) is 0. The van der Waals surface area contributed by atoms with Crippen molar-refractivity contribution in [2.75, 3.05) is 46.9 Å². The van der Waals surface area contributed by atoms with Gasteiger partial charge >= 0.3 is 0 Å². The molecule has 1 N–H and O–H groups in total. The Morgan fingerprint density at radius 2 is 1.88 bits per heavy atom. The lowest BCUT2D eigenvalue weighted by Gasteiger charge is -2.21. The summed E-state index contributed by atoms with van der Waals surface area (Å²) in [5.74, 6) is 0.843. The quantitative estimate of drug-likeness (QED) is 0.640. The average Bonchev–Trinajstić information content (AvgIpc) is 2.29. The van der Waals surface area contributed by atoms with Crippen molar-refractivity contribution in [3.63, 3.8) is 0 Å². The van der Waals surface area contributed by atoms with E-state index < -0.39 is 0 Å². The molecule has 3 heteroatoms. The fourth-order valence-electron chi connectivity index (χ4n) is 2.18. The van der Waals surface area contributed by atoms with Crippen molar-refractivity contribution in [2.45, 2.75) is 32.1 Å². The van der Waals surface area contributed by atoms with Gasteiger partial charge in [0.05, 0.1) is 6.61 Å². The molecule has 1 saturated carbocycles. The van der Waals surface area contributed by atoms with Gasteiger partial charge in [0.15, 0.2) is 0 Å². The Kier molecular flexibility index (Phi) is 7.81. The molecule has 1 fully saturated rings. The van der Waals surface area contributed by atoms with E-state index in [4.69, 9.17) is 4.74 Å². The minimum Gasteiger partial charge on any atom is -0.380 e. The molecule has 0 heterocycles. The van der Waals surface area contributed by atoms with Gasteiger partial charge in [-0.1, -0.05) is 19.3 Å². The molecular weight excluding hydrogens is 200 g/mol. The van der Waals surface area contributed by atoms with Crippen LogP contribution in [-0.4, -0.2) is 51.8 Å². The van der Waals surface area contributed by atoms with Gasteiger partial charge in [-0.3, -0.25) is 0 Å². The maximum Gasteiger partial charge on any atom is 0.0591 e. The Labute approximate surface area is 101 Å². The zero-order valence-corrected chi connectivity index (χ0v) is 11.0. The second kappa shape index (κ2) is 8.97. The molecule has 0 amide bonds. The van der Waals surface area contributed by atoms with Crippen LogP contribution < -0.4 is 5.32 Å². The average molecular weight is 228 g/mol. The van der Waals surface area contributed by atoms with Crippen LogP contribution in [0, 0.1) is 5.92 Å². The highest BCUT2D eigenvalue weighted by Crippen LogP contribution is 2.23. The van der Waals surface area contributed by atoms with Crippen molar-refractivity contribution in [3.05, 3.63) is 0 Å². The van der Waals surface area contributed by atoms with Crippen LogP contribution in [0.25, 0.3) is 0 Å². The van der Waals surface area contributed by atoms with Gasteiger partial charge in [-0.2, -0.15) is 0 Å². The lowest BCUT2D eigenvalue weighted by molar-refractivity contribution is 0.0868. The van der Waals surface area contributed by atoms with E-state index in [1.807, 2.05) is 0 Å².